The fourth-order valence-electron chi connectivity index (χ4n) is 3.71. The molecule has 0 radical (unpaired) electrons. The molecule has 2 aliphatic heterocycles. The van der Waals surface area contributed by atoms with E-state index in [1.165, 1.54) is 0 Å². The van der Waals surface area contributed by atoms with Crippen LogP contribution in [-0.2, 0) is 9.59 Å². The summed E-state index contributed by atoms with van der Waals surface area (Å²) in [6.07, 6.45) is 0.934. The third-order valence-corrected chi connectivity index (χ3v) is 6.41. The Balaban J connectivity index is 1.43. The van der Waals surface area contributed by atoms with Gasteiger partial charge in [-0.2, -0.15) is 11.8 Å². The Morgan fingerprint density at radius 3 is 2.23 bits per heavy atom. The van der Waals surface area contributed by atoms with Crippen LogP contribution in [0.25, 0.3) is 0 Å². The van der Waals surface area contributed by atoms with Crippen molar-refractivity contribution >= 4 is 35.2 Å². The van der Waals surface area contributed by atoms with Crippen LogP contribution in [0.4, 0.5) is 5.69 Å². The van der Waals surface area contributed by atoms with E-state index in [2.05, 4.69) is 20.4 Å². The molecule has 0 spiro atoms. The summed E-state index contributed by atoms with van der Waals surface area (Å²) >= 11 is 1.87. The molecular formula is C22H33N5O3S. The van der Waals surface area contributed by atoms with Crippen molar-refractivity contribution in [2.45, 2.75) is 13.3 Å². The first-order valence-electron chi connectivity index (χ1n) is 11.0. The molecule has 9 heteroatoms. The van der Waals surface area contributed by atoms with Gasteiger partial charge in [-0.1, -0.05) is 13.0 Å². The summed E-state index contributed by atoms with van der Waals surface area (Å²) in [7, 11) is 0. The van der Waals surface area contributed by atoms with Crippen LogP contribution >= 0.6 is 11.8 Å². The van der Waals surface area contributed by atoms with Crippen LogP contribution in [0.15, 0.2) is 24.3 Å². The van der Waals surface area contributed by atoms with E-state index in [0.29, 0.717) is 30.9 Å². The molecule has 0 aromatic heterocycles. The number of nitrogens with zero attached hydrogens (tertiary/aromatic N) is 3. The van der Waals surface area contributed by atoms with E-state index in [9.17, 15) is 14.4 Å². The SMILES string of the molecule is CCCNC(=O)CN1CCN(CC(=O)Nc2cccc(C(=O)N3CCSCC3)c2)CC1. The topological polar surface area (TPSA) is 85.0 Å². The van der Waals surface area contributed by atoms with Crippen LogP contribution in [0.5, 0.6) is 0 Å². The van der Waals surface area contributed by atoms with Crippen LogP contribution in [0, 0.1) is 0 Å². The molecule has 3 amide bonds. The summed E-state index contributed by atoms with van der Waals surface area (Å²) in [4.78, 5) is 43.1. The largest absolute Gasteiger partial charge is 0.355 e. The molecular weight excluding hydrogens is 414 g/mol. The van der Waals surface area contributed by atoms with Crippen molar-refractivity contribution in [2.75, 3.05) is 75.7 Å². The quantitative estimate of drug-likeness (QED) is 0.618. The van der Waals surface area contributed by atoms with Gasteiger partial charge in [-0.25, -0.2) is 0 Å². The van der Waals surface area contributed by atoms with E-state index in [0.717, 1.165) is 57.2 Å². The van der Waals surface area contributed by atoms with Gasteiger partial charge in [0.05, 0.1) is 13.1 Å². The van der Waals surface area contributed by atoms with E-state index in [4.69, 9.17) is 0 Å². The summed E-state index contributed by atoms with van der Waals surface area (Å²) in [6.45, 7) is 8.04. The highest BCUT2D eigenvalue weighted by atomic mass is 32.2. The molecule has 2 saturated heterocycles. The third kappa shape index (κ3) is 7.52. The minimum atomic E-state index is -0.0897. The fourth-order valence-corrected chi connectivity index (χ4v) is 4.61. The molecule has 170 valence electrons. The molecule has 2 fully saturated rings. The maximum absolute atomic E-state index is 12.7. The second-order valence-electron chi connectivity index (χ2n) is 7.94. The summed E-state index contributed by atoms with van der Waals surface area (Å²) in [5, 5.41) is 5.82. The number of carbonyl (C=O) groups excluding carboxylic acids is 3. The normalized spacial score (nSPS) is 17.9. The molecule has 0 saturated carbocycles. The monoisotopic (exact) mass is 447 g/mol. The Labute approximate surface area is 188 Å². The van der Waals surface area contributed by atoms with Crippen LogP contribution in [0.1, 0.15) is 23.7 Å². The van der Waals surface area contributed by atoms with Gasteiger partial charge >= 0.3 is 0 Å². The first kappa shape index (κ1) is 23.6. The first-order chi connectivity index (χ1) is 15.0. The van der Waals surface area contributed by atoms with Crippen molar-refractivity contribution in [1.82, 2.24) is 20.0 Å². The van der Waals surface area contributed by atoms with Gasteiger partial charge in [0, 0.05) is 68.6 Å². The van der Waals surface area contributed by atoms with Crippen molar-refractivity contribution < 1.29 is 14.4 Å². The minimum absolute atomic E-state index is 0.0236. The Morgan fingerprint density at radius 2 is 1.58 bits per heavy atom. The number of nitrogens with one attached hydrogen (secondary N) is 2. The zero-order valence-corrected chi connectivity index (χ0v) is 19.1. The fraction of sp³-hybridized carbons (Fsp3) is 0.591. The number of carbonyl (C=O) groups is 3. The molecule has 8 nitrogen and oxygen atoms in total. The third-order valence-electron chi connectivity index (χ3n) is 5.46. The van der Waals surface area contributed by atoms with Crippen molar-refractivity contribution in [3.8, 4) is 0 Å². The maximum atomic E-state index is 12.7. The molecule has 31 heavy (non-hydrogen) atoms. The number of benzene rings is 1. The standard InChI is InChI=1S/C22H33N5O3S/c1-2-6-23-20(28)16-25-7-9-26(10-8-25)17-21(29)24-19-5-3-4-18(15-19)22(30)27-11-13-31-14-12-27/h3-5,15H,2,6-14,16-17H2,1H3,(H,23,28)(H,24,29). The summed E-state index contributed by atoms with van der Waals surface area (Å²) in [6, 6.07) is 7.18. The Hall–Kier alpha value is -2.10. The molecule has 1 aromatic carbocycles. The number of thioether (sulfide) groups is 1. The number of rotatable bonds is 8. The Kier molecular flexibility index (Phi) is 9.17. The number of hydrogen-bond donors (Lipinski definition) is 2. The first-order valence-corrected chi connectivity index (χ1v) is 12.2. The number of piperazine rings is 1. The highest BCUT2D eigenvalue weighted by Crippen LogP contribution is 2.16. The summed E-state index contributed by atoms with van der Waals surface area (Å²) in [5.41, 5.74) is 1.26. The van der Waals surface area contributed by atoms with Gasteiger partial charge < -0.3 is 15.5 Å². The summed E-state index contributed by atoms with van der Waals surface area (Å²) < 4.78 is 0. The van der Waals surface area contributed by atoms with Gasteiger partial charge in [0.25, 0.3) is 5.91 Å². The van der Waals surface area contributed by atoms with Crippen molar-refractivity contribution in [3.63, 3.8) is 0 Å². The van der Waals surface area contributed by atoms with E-state index in [-0.39, 0.29) is 17.7 Å². The number of amides is 3. The average molecular weight is 448 g/mol. The zero-order chi connectivity index (χ0) is 22.1. The van der Waals surface area contributed by atoms with Gasteiger partial charge in [0.15, 0.2) is 0 Å². The van der Waals surface area contributed by atoms with E-state index in [1.807, 2.05) is 35.7 Å². The zero-order valence-electron chi connectivity index (χ0n) is 18.3. The van der Waals surface area contributed by atoms with Gasteiger partial charge in [0.2, 0.25) is 11.8 Å². The second kappa shape index (κ2) is 12.1. The highest BCUT2D eigenvalue weighted by molar-refractivity contribution is 7.99. The lowest BCUT2D eigenvalue weighted by atomic mass is 10.1. The van der Waals surface area contributed by atoms with Crippen LogP contribution in [0.3, 0.4) is 0 Å². The predicted molar refractivity (Wildman–Crippen MR) is 124 cm³/mol. The molecule has 2 heterocycles. The molecule has 0 atom stereocenters. The van der Waals surface area contributed by atoms with Crippen LogP contribution in [-0.4, -0.2) is 103 Å². The number of hydrogen-bond acceptors (Lipinski definition) is 6. The lowest BCUT2D eigenvalue weighted by Gasteiger charge is -2.33. The molecule has 3 rings (SSSR count). The van der Waals surface area contributed by atoms with Crippen LogP contribution < -0.4 is 10.6 Å². The molecule has 0 bridgehead atoms. The molecule has 1 aromatic rings. The Morgan fingerprint density at radius 1 is 0.935 bits per heavy atom. The lowest BCUT2D eigenvalue weighted by molar-refractivity contribution is -0.123. The molecule has 2 N–H and O–H groups in total. The summed E-state index contributed by atoms with van der Waals surface area (Å²) in [5.74, 6) is 1.94. The van der Waals surface area contributed by atoms with Crippen LogP contribution in [0.2, 0.25) is 0 Å². The van der Waals surface area contributed by atoms with E-state index >= 15 is 0 Å². The van der Waals surface area contributed by atoms with Gasteiger partial charge in [-0.15, -0.1) is 0 Å². The highest BCUT2D eigenvalue weighted by Gasteiger charge is 2.21. The van der Waals surface area contributed by atoms with Gasteiger partial charge in [-0.05, 0) is 24.6 Å². The minimum Gasteiger partial charge on any atom is -0.355 e. The second-order valence-corrected chi connectivity index (χ2v) is 9.16. The molecule has 2 aliphatic rings. The van der Waals surface area contributed by atoms with Crippen molar-refractivity contribution in [2.24, 2.45) is 0 Å². The smallest absolute Gasteiger partial charge is 0.253 e. The van der Waals surface area contributed by atoms with E-state index in [1.54, 1.807) is 12.1 Å². The van der Waals surface area contributed by atoms with Crippen molar-refractivity contribution in [3.05, 3.63) is 29.8 Å². The molecule has 0 unspecified atom stereocenters. The van der Waals surface area contributed by atoms with Gasteiger partial charge in [-0.3, -0.25) is 24.2 Å². The average Bonchev–Trinajstić information content (AvgIpc) is 2.79. The Bertz CT molecular complexity index is 761. The maximum Gasteiger partial charge on any atom is 0.253 e. The predicted octanol–water partition coefficient (Wildman–Crippen LogP) is 0.958. The molecule has 0 aliphatic carbocycles. The number of anilines is 1. The lowest BCUT2D eigenvalue weighted by Crippen LogP contribution is -2.51. The van der Waals surface area contributed by atoms with Gasteiger partial charge in [0.1, 0.15) is 0 Å². The van der Waals surface area contributed by atoms with E-state index < -0.39 is 0 Å². The van der Waals surface area contributed by atoms with Crippen molar-refractivity contribution in [1.29, 1.82) is 0 Å².